The first-order valence-corrected chi connectivity index (χ1v) is 26.5. The molecule has 8 amide bonds. The Labute approximate surface area is 438 Å². The van der Waals surface area contributed by atoms with Crippen LogP contribution in [0.5, 0.6) is 0 Å². The highest BCUT2D eigenvalue weighted by molar-refractivity contribution is 6.11. The number of nitrogens with one attached hydrogen (secondary N) is 2. The number of carbonyl (C=O) groups excluding carboxylic acids is 6. The molecule has 2 aliphatic carbocycles. The van der Waals surface area contributed by atoms with Gasteiger partial charge in [0.25, 0.3) is 11.8 Å². The van der Waals surface area contributed by atoms with E-state index >= 15 is 0 Å². The summed E-state index contributed by atoms with van der Waals surface area (Å²) in [6, 6.07) is 22.0. The van der Waals surface area contributed by atoms with Gasteiger partial charge in [-0.05, 0) is 89.3 Å². The molecule has 4 aromatic rings. The van der Waals surface area contributed by atoms with Crippen LogP contribution in [0.1, 0.15) is 182 Å². The number of amides is 8. The van der Waals surface area contributed by atoms with Gasteiger partial charge >= 0.3 is 18.2 Å². The number of hydrogen-bond acceptors (Lipinski definition) is 6. The minimum Gasteiger partial charge on any atom is -0.324 e. The molecule has 2 saturated heterocycles. The number of nitrogens with zero attached hydrogens (tertiary/aromatic N) is 4. The van der Waals surface area contributed by atoms with Crippen molar-refractivity contribution in [1.29, 1.82) is 0 Å². The molecule has 2 heterocycles. The molecule has 4 aliphatic rings. The number of imide groups is 2. The largest absolute Gasteiger partial charge is 0.416 e. The Bertz CT molecular complexity index is 2730. The highest BCUT2D eigenvalue weighted by atomic mass is 19.4. The molecule has 0 radical (unpaired) electrons. The SMILES string of the molecule is CC(C)c1cccc(C(C)C)c1NC(=O)CN1C(=O)N(Cc2ccccc2C(F)(F)F)C2(CCCCC2)C1=O.CC(C)c1cccc(C(C)C)c1NC(=O)CN1C(=O)N(Cc2ccccc2F)C2(CCCCC2)C1=O. The molecule has 0 bridgehead atoms. The topological polar surface area (TPSA) is 139 Å². The quantitative estimate of drug-likeness (QED) is 0.0952. The lowest BCUT2D eigenvalue weighted by atomic mass is 9.80. The minimum absolute atomic E-state index is 0.00302. The van der Waals surface area contributed by atoms with Crippen molar-refractivity contribution < 1.29 is 46.3 Å². The van der Waals surface area contributed by atoms with Gasteiger partial charge in [-0.2, -0.15) is 13.2 Å². The van der Waals surface area contributed by atoms with E-state index in [9.17, 15) is 46.3 Å². The molecule has 2 N–H and O–H groups in total. The summed E-state index contributed by atoms with van der Waals surface area (Å²) in [6.07, 6.45) is 2.01. The Morgan fingerprint density at radius 1 is 0.507 bits per heavy atom. The van der Waals surface area contributed by atoms with Gasteiger partial charge in [-0.15, -0.1) is 0 Å². The van der Waals surface area contributed by atoms with Crippen molar-refractivity contribution in [2.75, 3.05) is 23.7 Å². The number of carbonyl (C=O) groups is 6. The van der Waals surface area contributed by atoms with E-state index in [1.54, 1.807) is 18.2 Å². The van der Waals surface area contributed by atoms with Crippen molar-refractivity contribution >= 4 is 47.1 Å². The van der Waals surface area contributed by atoms with Crippen molar-refractivity contribution in [3.63, 3.8) is 0 Å². The zero-order valence-electron chi connectivity index (χ0n) is 44.5. The first kappa shape index (κ1) is 56.2. The van der Waals surface area contributed by atoms with E-state index in [0.717, 1.165) is 69.5 Å². The Balaban J connectivity index is 0.000000219. The van der Waals surface area contributed by atoms with Crippen LogP contribution in [0.2, 0.25) is 0 Å². The van der Waals surface area contributed by atoms with Gasteiger partial charge in [0, 0.05) is 23.5 Å². The van der Waals surface area contributed by atoms with Crippen LogP contribution in [0.3, 0.4) is 0 Å². The van der Waals surface area contributed by atoms with E-state index in [-0.39, 0.29) is 54.8 Å². The van der Waals surface area contributed by atoms with Crippen molar-refractivity contribution in [2.24, 2.45) is 0 Å². The second-order valence-electron chi connectivity index (χ2n) is 21.8. The maximum Gasteiger partial charge on any atom is 0.416 e. The number of benzene rings is 4. The Hall–Kier alpha value is -6.58. The number of hydrogen-bond donors (Lipinski definition) is 2. The van der Waals surface area contributed by atoms with Gasteiger partial charge in [0.2, 0.25) is 11.8 Å². The van der Waals surface area contributed by atoms with E-state index in [0.29, 0.717) is 49.8 Å². The highest BCUT2D eigenvalue weighted by Crippen LogP contribution is 2.44. The van der Waals surface area contributed by atoms with Gasteiger partial charge in [-0.3, -0.25) is 29.0 Å². The van der Waals surface area contributed by atoms with Crippen LogP contribution >= 0.6 is 0 Å². The second kappa shape index (κ2) is 23.1. The predicted octanol–water partition coefficient (Wildman–Crippen LogP) is 13.2. The first-order valence-electron chi connectivity index (χ1n) is 26.5. The summed E-state index contributed by atoms with van der Waals surface area (Å²) in [5.74, 6) is -1.56. The van der Waals surface area contributed by atoms with E-state index in [1.165, 1.54) is 34.1 Å². The van der Waals surface area contributed by atoms with E-state index in [4.69, 9.17) is 0 Å². The summed E-state index contributed by atoms with van der Waals surface area (Å²) >= 11 is 0. The molecule has 2 aliphatic heterocycles. The molecule has 402 valence electrons. The Kier molecular flexibility index (Phi) is 17.3. The van der Waals surface area contributed by atoms with Gasteiger partial charge in [0.05, 0.1) is 12.1 Å². The van der Waals surface area contributed by atoms with Gasteiger partial charge in [0.15, 0.2) is 0 Å². The summed E-state index contributed by atoms with van der Waals surface area (Å²) in [7, 11) is 0. The number of urea groups is 2. The third kappa shape index (κ3) is 11.6. The van der Waals surface area contributed by atoms with Crippen LogP contribution in [0, 0.1) is 5.82 Å². The van der Waals surface area contributed by atoms with Crippen molar-refractivity contribution in [3.8, 4) is 0 Å². The van der Waals surface area contributed by atoms with Crippen molar-refractivity contribution in [3.05, 3.63) is 130 Å². The molecule has 2 saturated carbocycles. The van der Waals surface area contributed by atoms with E-state index in [1.807, 2.05) is 64.1 Å². The maximum atomic E-state index is 14.5. The monoisotopic (exact) mass is 1040 g/mol. The van der Waals surface area contributed by atoms with E-state index in [2.05, 4.69) is 38.3 Å². The molecule has 0 atom stereocenters. The lowest BCUT2D eigenvalue weighted by molar-refractivity contribution is -0.139. The maximum absolute atomic E-state index is 14.5. The summed E-state index contributed by atoms with van der Waals surface area (Å²) in [6.45, 7) is 15.1. The third-order valence-electron chi connectivity index (χ3n) is 15.4. The fourth-order valence-corrected chi connectivity index (χ4v) is 11.5. The normalized spacial score (nSPS) is 17.5. The number of anilines is 2. The van der Waals surface area contributed by atoms with Crippen LogP contribution in [-0.4, -0.2) is 79.5 Å². The zero-order valence-corrected chi connectivity index (χ0v) is 44.5. The van der Waals surface area contributed by atoms with Gasteiger partial charge in [0.1, 0.15) is 30.0 Å². The van der Waals surface area contributed by atoms with E-state index < -0.39 is 65.0 Å². The lowest BCUT2D eigenvalue weighted by Gasteiger charge is -2.38. The molecule has 4 aromatic carbocycles. The van der Waals surface area contributed by atoms with Gasteiger partial charge in [-0.1, -0.05) is 167 Å². The highest BCUT2D eigenvalue weighted by Gasteiger charge is 2.59. The molecule has 8 rings (SSSR count). The predicted molar refractivity (Wildman–Crippen MR) is 281 cm³/mol. The van der Waals surface area contributed by atoms with Gasteiger partial charge in [-0.25, -0.2) is 14.0 Å². The van der Waals surface area contributed by atoms with Gasteiger partial charge < -0.3 is 20.4 Å². The van der Waals surface area contributed by atoms with Crippen LogP contribution in [0.25, 0.3) is 0 Å². The average Bonchev–Trinajstić information content (AvgIpc) is 3.65. The molecule has 4 fully saturated rings. The zero-order chi connectivity index (χ0) is 54.6. The van der Waals surface area contributed by atoms with Crippen LogP contribution in [0.15, 0.2) is 84.9 Å². The van der Waals surface area contributed by atoms with Crippen molar-refractivity contribution in [2.45, 2.75) is 174 Å². The molecule has 12 nitrogen and oxygen atoms in total. The third-order valence-corrected chi connectivity index (χ3v) is 15.4. The number of alkyl halides is 3. The number of halogens is 4. The fourth-order valence-electron chi connectivity index (χ4n) is 11.5. The molecule has 2 spiro atoms. The summed E-state index contributed by atoms with van der Waals surface area (Å²) in [4.78, 5) is 86.0. The summed E-state index contributed by atoms with van der Waals surface area (Å²) < 4.78 is 55.7. The molecule has 0 aromatic heterocycles. The van der Waals surface area contributed by atoms with Crippen LogP contribution in [0.4, 0.5) is 38.5 Å². The second-order valence-corrected chi connectivity index (χ2v) is 21.8. The van der Waals surface area contributed by atoms with Crippen molar-refractivity contribution in [1.82, 2.24) is 19.6 Å². The van der Waals surface area contributed by atoms with Crippen LogP contribution < -0.4 is 10.6 Å². The Morgan fingerprint density at radius 3 is 1.21 bits per heavy atom. The number of para-hydroxylation sites is 2. The summed E-state index contributed by atoms with van der Waals surface area (Å²) in [5, 5.41) is 5.95. The first-order chi connectivity index (χ1) is 35.5. The summed E-state index contributed by atoms with van der Waals surface area (Å²) in [5.41, 5.74) is 2.54. The number of rotatable bonds is 14. The average molecular weight is 1040 g/mol. The standard InChI is InChI=1S/C30H36F3N3O3.C29H36FN3O3/c1-19(2)22-12-10-13-23(20(3)4)26(22)34-25(37)18-35-27(38)29(15-8-5-9-16-29)36(28(35)39)17-21-11-6-7-14-24(21)30(31,32)33;1-19(2)22-12-10-13-23(20(3)4)26(22)31-25(34)18-32-27(35)29(15-8-5-9-16-29)33(28(32)36)17-21-11-6-7-14-24(21)30/h6-7,10-14,19-20H,5,8-9,15-18H2,1-4H3,(H,34,37);6-7,10-14,19-20H,5,8-9,15-18H2,1-4H3,(H,31,34). The minimum atomic E-state index is -4.60. The lowest BCUT2D eigenvalue weighted by Crippen LogP contribution is -2.50. The molecular formula is C59H72F4N6O6. The molecule has 16 heteroatoms. The molecule has 0 unspecified atom stereocenters. The fraction of sp³-hybridized carbons (Fsp3) is 0.492. The smallest absolute Gasteiger partial charge is 0.324 e. The van der Waals surface area contributed by atoms with Crippen LogP contribution in [-0.2, 0) is 38.4 Å². The molecule has 75 heavy (non-hydrogen) atoms. The Morgan fingerprint density at radius 2 is 0.853 bits per heavy atom. The molecular weight excluding hydrogens is 965 g/mol.